The molecule has 0 radical (unpaired) electrons. The van der Waals surface area contributed by atoms with Crippen LogP contribution in [0.4, 0.5) is 17.2 Å². The number of nitrogens with one attached hydrogen (secondary N) is 2. The van der Waals surface area contributed by atoms with Crippen molar-refractivity contribution in [1.82, 2.24) is 5.16 Å². The molecule has 6 nitrogen and oxygen atoms in total. The van der Waals surface area contributed by atoms with Gasteiger partial charge in [0, 0.05) is 17.4 Å². The standard InChI is InChI=1S/C18H19N3O3S/c1-12-4-9-17(10-13(12)2)25(22,23)21-16-7-5-15(6-8-16)19-18-11-14(3)24-20-18/h4-11,21H,1-3H3,(H,19,20). The number of sulfonamides is 1. The molecular formula is C18H19N3O3S. The average molecular weight is 357 g/mol. The molecule has 2 N–H and O–H groups in total. The topological polar surface area (TPSA) is 84.2 Å². The fraction of sp³-hybridized carbons (Fsp3) is 0.167. The summed E-state index contributed by atoms with van der Waals surface area (Å²) in [7, 11) is -3.62. The maximum absolute atomic E-state index is 12.5. The van der Waals surface area contributed by atoms with E-state index in [4.69, 9.17) is 4.52 Å². The molecule has 0 saturated heterocycles. The molecule has 3 aromatic rings. The Bertz CT molecular complexity index is 993. The Morgan fingerprint density at radius 1 is 0.880 bits per heavy atom. The van der Waals surface area contributed by atoms with Crippen LogP contribution in [-0.4, -0.2) is 13.6 Å². The van der Waals surface area contributed by atoms with Crippen molar-refractivity contribution in [3.8, 4) is 0 Å². The highest BCUT2D eigenvalue weighted by Crippen LogP contribution is 2.22. The number of hydrogen-bond acceptors (Lipinski definition) is 5. The molecule has 0 unspecified atom stereocenters. The maximum Gasteiger partial charge on any atom is 0.261 e. The first-order valence-corrected chi connectivity index (χ1v) is 9.22. The highest BCUT2D eigenvalue weighted by Gasteiger charge is 2.14. The molecule has 3 rings (SSSR count). The third-order valence-corrected chi connectivity index (χ3v) is 5.21. The lowest BCUT2D eigenvalue weighted by atomic mass is 10.1. The molecular weight excluding hydrogens is 338 g/mol. The SMILES string of the molecule is Cc1cc(Nc2ccc(NS(=O)(=O)c3ccc(C)c(C)c3)cc2)no1. The van der Waals surface area contributed by atoms with Crippen LogP contribution in [0.5, 0.6) is 0 Å². The van der Waals surface area contributed by atoms with Crippen LogP contribution >= 0.6 is 0 Å². The maximum atomic E-state index is 12.5. The average Bonchev–Trinajstić information content (AvgIpc) is 2.96. The molecule has 2 aromatic carbocycles. The Balaban J connectivity index is 1.74. The van der Waals surface area contributed by atoms with Crippen molar-refractivity contribution in [2.75, 3.05) is 10.0 Å². The normalized spacial score (nSPS) is 11.3. The number of aromatic nitrogens is 1. The zero-order chi connectivity index (χ0) is 18.0. The van der Waals surface area contributed by atoms with Crippen LogP contribution in [0.25, 0.3) is 0 Å². The van der Waals surface area contributed by atoms with E-state index in [0.29, 0.717) is 17.3 Å². The zero-order valence-corrected chi connectivity index (χ0v) is 15.0. The lowest BCUT2D eigenvalue weighted by Gasteiger charge is -2.10. The van der Waals surface area contributed by atoms with Gasteiger partial charge in [-0.2, -0.15) is 0 Å². The number of rotatable bonds is 5. The minimum Gasteiger partial charge on any atom is -0.360 e. The van der Waals surface area contributed by atoms with Gasteiger partial charge in [-0.3, -0.25) is 4.72 Å². The lowest BCUT2D eigenvalue weighted by Crippen LogP contribution is -2.13. The van der Waals surface area contributed by atoms with E-state index in [1.807, 2.05) is 20.8 Å². The van der Waals surface area contributed by atoms with Crippen molar-refractivity contribution in [3.05, 3.63) is 65.4 Å². The van der Waals surface area contributed by atoms with E-state index in [1.54, 1.807) is 48.5 Å². The molecule has 25 heavy (non-hydrogen) atoms. The van der Waals surface area contributed by atoms with E-state index in [2.05, 4.69) is 15.2 Å². The van der Waals surface area contributed by atoms with E-state index in [0.717, 1.165) is 16.8 Å². The molecule has 0 amide bonds. The van der Waals surface area contributed by atoms with Gasteiger partial charge in [-0.15, -0.1) is 0 Å². The monoisotopic (exact) mass is 357 g/mol. The van der Waals surface area contributed by atoms with Gasteiger partial charge < -0.3 is 9.84 Å². The second kappa shape index (κ2) is 6.60. The van der Waals surface area contributed by atoms with Crippen LogP contribution in [0.2, 0.25) is 0 Å². The molecule has 1 heterocycles. The van der Waals surface area contributed by atoms with Gasteiger partial charge in [0.05, 0.1) is 4.90 Å². The predicted molar refractivity (Wildman–Crippen MR) is 97.7 cm³/mol. The van der Waals surface area contributed by atoms with E-state index in [1.165, 1.54) is 0 Å². The summed E-state index contributed by atoms with van der Waals surface area (Å²) < 4.78 is 32.6. The molecule has 1 aromatic heterocycles. The fourth-order valence-corrected chi connectivity index (χ4v) is 3.43. The number of anilines is 3. The van der Waals surface area contributed by atoms with Crippen LogP contribution in [0.15, 0.2) is 57.9 Å². The molecule has 0 bridgehead atoms. The van der Waals surface area contributed by atoms with Crippen LogP contribution < -0.4 is 10.0 Å². The van der Waals surface area contributed by atoms with E-state index >= 15 is 0 Å². The van der Waals surface area contributed by atoms with Crippen LogP contribution in [0, 0.1) is 20.8 Å². The largest absolute Gasteiger partial charge is 0.360 e. The van der Waals surface area contributed by atoms with Crippen molar-refractivity contribution in [1.29, 1.82) is 0 Å². The third-order valence-electron chi connectivity index (χ3n) is 3.83. The van der Waals surface area contributed by atoms with Crippen molar-refractivity contribution >= 4 is 27.2 Å². The molecule has 0 fully saturated rings. The first kappa shape index (κ1) is 17.0. The fourth-order valence-electron chi connectivity index (χ4n) is 2.29. The Morgan fingerprint density at radius 3 is 2.16 bits per heavy atom. The summed E-state index contributed by atoms with van der Waals surface area (Å²) in [5.74, 6) is 1.31. The van der Waals surface area contributed by atoms with Crippen LogP contribution in [-0.2, 0) is 10.0 Å². The van der Waals surface area contributed by atoms with Gasteiger partial charge in [0.15, 0.2) is 5.82 Å². The quantitative estimate of drug-likeness (QED) is 0.717. The van der Waals surface area contributed by atoms with Crippen molar-refractivity contribution < 1.29 is 12.9 Å². The first-order chi connectivity index (χ1) is 11.8. The molecule has 0 aliphatic rings. The van der Waals surface area contributed by atoms with Gasteiger partial charge in [-0.1, -0.05) is 11.2 Å². The molecule has 0 aliphatic carbocycles. The van der Waals surface area contributed by atoms with Gasteiger partial charge in [0.25, 0.3) is 10.0 Å². The number of aryl methyl sites for hydroxylation is 3. The molecule has 0 atom stereocenters. The van der Waals surface area contributed by atoms with Gasteiger partial charge in [-0.25, -0.2) is 8.42 Å². The minimum atomic E-state index is -3.62. The minimum absolute atomic E-state index is 0.246. The number of hydrogen-bond donors (Lipinski definition) is 2. The Kier molecular flexibility index (Phi) is 4.50. The second-order valence-electron chi connectivity index (χ2n) is 5.88. The third kappa shape index (κ3) is 4.00. The first-order valence-electron chi connectivity index (χ1n) is 7.74. The number of benzene rings is 2. The van der Waals surface area contributed by atoms with Crippen molar-refractivity contribution in [3.63, 3.8) is 0 Å². The predicted octanol–water partition coefficient (Wildman–Crippen LogP) is 4.14. The van der Waals surface area contributed by atoms with Crippen LogP contribution in [0.3, 0.4) is 0 Å². The summed E-state index contributed by atoms with van der Waals surface area (Å²) in [6.45, 7) is 5.64. The zero-order valence-electron chi connectivity index (χ0n) is 14.2. The summed E-state index contributed by atoms with van der Waals surface area (Å²) in [5.41, 5.74) is 3.25. The Labute approximate surface area is 146 Å². The Morgan fingerprint density at radius 2 is 1.56 bits per heavy atom. The van der Waals surface area contributed by atoms with Crippen LogP contribution in [0.1, 0.15) is 16.9 Å². The van der Waals surface area contributed by atoms with Gasteiger partial charge in [0.2, 0.25) is 0 Å². The molecule has 7 heteroatoms. The van der Waals surface area contributed by atoms with E-state index in [9.17, 15) is 8.42 Å². The molecule has 0 aliphatic heterocycles. The van der Waals surface area contributed by atoms with Gasteiger partial charge in [-0.05, 0) is 68.3 Å². The van der Waals surface area contributed by atoms with E-state index < -0.39 is 10.0 Å². The molecule has 0 spiro atoms. The lowest BCUT2D eigenvalue weighted by molar-refractivity contribution is 0.400. The summed E-state index contributed by atoms with van der Waals surface area (Å²) in [5, 5.41) is 6.93. The highest BCUT2D eigenvalue weighted by atomic mass is 32.2. The van der Waals surface area contributed by atoms with Crippen molar-refractivity contribution in [2.45, 2.75) is 25.7 Å². The molecule has 130 valence electrons. The van der Waals surface area contributed by atoms with E-state index in [-0.39, 0.29) is 4.90 Å². The van der Waals surface area contributed by atoms with Gasteiger partial charge >= 0.3 is 0 Å². The smallest absolute Gasteiger partial charge is 0.261 e. The second-order valence-corrected chi connectivity index (χ2v) is 7.56. The van der Waals surface area contributed by atoms with Crippen molar-refractivity contribution in [2.24, 2.45) is 0 Å². The summed E-state index contributed by atoms with van der Waals surface area (Å²) in [6.07, 6.45) is 0. The summed E-state index contributed by atoms with van der Waals surface area (Å²) in [6, 6.07) is 13.8. The molecule has 0 saturated carbocycles. The highest BCUT2D eigenvalue weighted by molar-refractivity contribution is 7.92. The van der Waals surface area contributed by atoms with Gasteiger partial charge in [0.1, 0.15) is 5.76 Å². The number of nitrogens with zero attached hydrogens (tertiary/aromatic N) is 1. The summed E-state index contributed by atoms with van der Waals surface area (Å²) >= 11 is 0. The summed E-state index contributed by atoms with van der Waals surface area (Å²) in [4.78, 5) is 0.246. The Hall–Kier alpha value is -2.80.